The van der Waals surface area contributed by atoms with Gasteiger partial charge in [0.1, 0.15) is 6.10 Å². The second-order valence-electron chi connectivity index (χ2n) is 11.7. The highest BCUT2D eigenvalue weighted by molar-refractivity contribution is 5.82. The minimum absolute atomic E-state index is 0.130. The maximum atomic E-state index is 11.0. The highest BCUT2D eigenvalue weighted by atomic mass is 16.5. The van der Waals surface area contributed by atoms with Gasteiger partial charge >= 0.3 is 0 Å². The van der Waals surface area contributed by atoms with Crippen molar-refractivity contribution in [2.75, 3.05) is 7.05 Å². The van der Waals surface area contributed by atoms with Gasteiger partial charge in [-0.25, -0.2) is 0 Å². The fraction of sp³-hybridized carbons (Fsp3) is 0.552. The SMILES string of the molecule is CN[C@H]1C[C@@]23CC[C@@]4(O2)C(=CCC2(C)C(c5ccc6ccncc6c5)CC[C@H]24)C=C3[C@@H](O)C1O. The number of aromatic nitrogens is 1. The van der Waals surface area contributed by atoms with Crippen LogP contribution in [0.15, 0.2) is 60.0 Å². The van der Waals surface area contributed by atoms with E-state index in [2.05, 4.69) is 53.6 Å². The lowest BCUT2D eigenvalue weighted by Crippen LogP contribution is -2.61. The van der Waals surface area contributed by atoms with Crippen molar-refractivity contribution in [1.29, 1.82) is 0 Å². The number of allylic oxidation sites excluding steroid dienone is 1. The second kappa shape index (κ2) is 7.01. The number of aliphatic hydroxyl groups excluding tert-OH is 2. The van der Waals surface area contributed by atoms with E-state index in [1.807, 2.05) is 19.4 Å². The van der Waals surface area contributed by atoms with Crippen LogP contribution in [-0.2, 0) is 4.74 Å². The van der Waals surface area contributed by atoms with Crippen LogP contribution in [0.25, 0.3) is 10.8 Å². The molecule has 1 aromatic heterocycles. The third-order valence-electron chi connectivity index (χ3n) is 10.3. The summed E-state index contributed by atoms with van der Waals surface area (Å²) in [5.41, 5.74) is 2.95. The molecule has 2 bridgehead atoms. The predicted octanol–water partition coefficient (Wildman–Crippen LogP) is 4.01. The summed E-state index contributed by atoms with van der Waals surface area (Å²) in [7, 11) is 1.86. The average molecular weight is 459 g/mol. The molecule has 2 aromatic rings. The molecule has 1 saturated heterocycles. The minimum atomic E-state index is -0.876. The third-order valence-corrected chi connectivity index (χ3v) is 10.3. The summed E-state index contributed by atoms with van der Waals surface area (Å²) in [5, 5.41) is 27.4. The van der Waals surface area contributed by atoms with E-state index in [9.17, 15) is 10.2 Å². The Labute approximate surface area is 200 Å². The number of rotatable bonds is 2. The van der Waals surface area contributed by atoms with Gasteiger partial charge in [-0.05, 0) is 97.1 Å². The number of ether oxygens (including phenoxy) is 1. The molecule has 5 nitrogen and oxygen atoms in total. The first-order valence-electron chi connectivity index (χ1n) is 12.9. The van der Waals surface area contributed by atoms with Crippen molar-refractivity contribution in [3.05, 3.63) is 65.5 Å². The lowest BCUT2D eigenvalue weighted by molar-refractivity contribution is -0.157. The third kappa shape index (κ3) is 2.56. The smallest absolute Gasteiger partial charge is 0.105 e. The van der Waals surface area contributed by atoms with E-state index in [1.165, 1.54) is 28.3 Å². The first-order valence-corrected chi connectivity index (χ1v) is 12.9. The van der Waals surface area contributed by atoms with Crippen molar-refractivity contribution in [3.8, 4) is 0 Å². The summed E-state index contributed by atoms with van der Waals surface area (Å²) in [4.78, 5) is 4.35. The van der Waals surface area contributed by atoms with Gasteiger partial charge in [0.05, 0.1) is 17.3 Å². The van der Waals surface area contributed by atoms with Crippen LogP contribution in [0, 0.1) is 11.3 Å². The highest BCUT2D eigenvalue weighted by Gasteiger charge is 2.68. The van der Waals surface area contributed by atoms with Crippen LogP contribution in [0.4, 0.5) is 0 Å². The molecule has 7 rings (SSSR count). The molecule has 34 heavy (non-hydrogen) atoms. The lowest BCUT2D eigenvalue weighted by Gasteiger charge is -2.55. The molecule has 1 aromatic carbocycles. The van der Waals surface area contributed by atoms with Crippen LogP contribution in [-0.4, -0.2) is 51.7 Å². The van der Waals surface area contributed by atoms with Gasteiger partial charge in [0.15, 0.2) is 0 Å². The first-order chi connectivity index (χ1) is 16.4. The standard InChI is InChI=1S/C29H34N2O3/c1-27-9-7-20-14-22-25(32)26(33)23(30-2)15-28(22)10-11-29(20,34-28)24(27)6-5-21(27)18-4-3-17-8-12-31-16-19(17)13-18/h3-4,7-8,12-14,16,21,23-26,30,32-33H,5-6,9-11,15H2,1-2H3/t21?,23-,24+,25+,26?,27?,28+,29+/m0/s1. The van der Waals surface area contributed by atoms with Crippen LogP contribution in [0.5, 0.6) is 0 Å². The maximum Gasteiger partial charge on any atom is 0.105 e. The monoisotopic (exact) mass is 458 g/mol. The number of benzene rings is 1. The number of hydrogen-bond donors (Lipinski definition) is 3. The zero-order chi connectivity index (χ0) is 23.3. The molecular formula is C29H34N2O3. The predicted molar refractivity (Wildman–Crippen MR) is 131 cm³/mol. The number of fused-ring (bicyclic) bond motifs is 2. The van der Waals surface area contributed by atoms with Crippen molar-refractivity contribution in [2.45, 2.75) is 80.8 Å². The van der Waals surface area contributed by atoms with E-state index in [-0.39, 0.29) is 17.1 Å². The molecule has 2 saturated carbocycles. The van der Waals surface area contributed by atoms with Crippen molar-refractivity contribution in [3.63, 3.8) is 0 Å². The van der Waals surface area contributed by atoms with Crippen molar-refractivity contribution >= 4 is 10.8 Å². The normalized spacial score (nSPS) is 44.8. The van der Waals surface area contributed by atoms with Crippen molar-refractivity contribution in [2.24, 2.45) is 11.3 Å². The Morgan fingerprint density at radius 1 is 1.12 bits per heavy atom. The Morgan fingerprint density at radius 2 is 2.00 bits per heavy atom. The van der Waals surface area contributed by atoms with Gasteiger partial charge in [0, 0.05) is 23.8 Å². The van der Waals surface area contributed by atoms with Gasteiger partial charge < -0.3 is 20.3 Å². The molecule has 0 amide bonds. The molecule has 3 fully saturated rings. The molecule has 3 N–H and O–H groups in total. The van der Waals surface area contributed by atoms with Crippen LogP contribution >= 0.6 is 0 Å². The summed E-state index contributed by atoms with van der Waals surface area (Å²) < 4.78 is 7.21. The Balaban J connectivity index is 1.30. The quantitative estimate of drug-likeness (QED) is 0.634. The summed E-state index contributed by atoms with van der Waals surface area (Å²) in [6.07, 6.45) is 12.7. The fourth-order valence-electron chi connectivity index (χ4n) is 8.60. The van der Waals surface area contributed by atoms with Crippen LogP contribution in [0.1, 0.15) is 56.9 Å². The zero-order valence-electron chi connectivity index (χ0n) is 20.0. The summed E-state index contributed by atoms with van der Waals surface area (Å²) in [6.45, 7) is 2.48. The number of nitrogens with one attached hydrogen (secondary N) is 1. The summed E-state index contributed by atoms with van der Waals surface area (Å²) in [6, 6.07) is 8.84. The largest absolute Gasteiger partial charge is 0.388 e. The van der Waals surface area contributed by atoms with E-state index < -0.39 is 17.8 Å². The molecule has 0 radical (unpaired) electrons. The van der Waals surface area contributed by atoms with Gasteiger partial charge in [-0.2, -0.15) is 0 Å². The molecule has 5 heteroatoms. The Morgan fingerprint density at radius 3 is 2.85 bits per heavy atom. The fourth-order valence-corrected chi connectivity index (χ4v) is 8.60. The Kier molecular flexibility index (Phi) is 4.38. The Bertz CT molecular complexity index is 1240. The first kappa shape index (κ1) is 21.3. The number of nitrogens with zero attached hydrogens (tertiary/aromatic N) is 1. The van der Waals surface area contributed by atoms with Crippen LogP contribution in [0.3, 0.4) is 0 Å². The highest BCUT2D eigenvalue weighted by Crippen LogP contribution is 2.69. The summed E-state index contributed by atoms with van der Waals surface area (Å²) >= 11 is 0. The maximum absolute atomic E-state index is 11.0. The molecule has 2 spiro atoms. The van der Waals surface area contributed by atoms with Crippen molar-refractivity contribution < 1.29 is 14.9 Å². The van der Waals surface area contributed by atoms with Gasteiger partial charge in [-0.1, -0.05) is 31.2 Å². The number of pyridine rings is 1. The van der Waals surface area contributed by atoms with E-state index in [0.29, 0.717) is 18.3 Å². The minimum Gasteiger partial charge on any atom is -0.388 e. The molecule has 2 aliphatic heterocycles. The molecule has 3 heterocycles. The lowest BCUT2D eigenvalue weighted by atomic mass is 9.58. The average Bonchev–Trinajstić information content (AvgIpc) is 3.37. The molecule has 5 aliphatic rings. The topological polar surface area (TPSA) is 74.6 Å². The summed E-state index contributed by atoms with van der Waals surface area (Å²) in [5.74, 6) is 0.937. The van der Waals surface area contributed by atoms with Gasteiger partial charge in [0.25, 0.3) is 0 Å². The molecule has 8 atom stereocenters. The van der Waals surface area contributed by atoms with Crippen molar-refractivity contribution in [1.82, 2.24) is 10.3 Å². The van der Waals surface area contributed by atoms with Gasteiger partial charge in [-0.3, -0.25) is 4.98 Å². The molecule has 3 unspecified atom stereocenters. The molecular weight excluding hydrogens is 424 g/mol. The second-order valence-corrected chi connectivity index (χ2v) is 11.7. The zero-order valence-corrected chi connectivity index (χ0v) is 20.0. The van der Waals surface area contributed by atoms with Crippen LogP contribution < -0.4 is 5.32 Å². The van der Waals surface area contributed by atoms with Crippen LogP contribution in [0.2, 0.25) is 0 Å². The van der Waals surface area contributed by atoms with E-state index in [4.69, 9.17) is 4.74 Å². The van der Waals surface area contributed by atoms with Gasteiger partial charge in [0.2, 0.25) is 0 Å². The van der Waals surface area contributed by atoms with E-state index >= 15 is 0 Å². The van der Waals surface area contributed by atoms with E-state index in [0.717, 1.165) is 31.3 Å². The molecule has 3 aliphatic carbocycles. The Hall–Kier alpha value is -2.05. The van der Waals surface area contributed by atoms with Gasteiger partial charge in [-0.15, -0.1) is 0 Å². The molecule has 178 valence electrons. The van der Waals surface area contributed by atoms with E-state index in [1.54, 1.807) is 0 Å². The number of likely N-dealkylation sites (N-methyl/N-ethyl adjacent to an activating group) is 1. The number of hydrogen-bond acceptors (Lipinski definition) is 5. The number of aliphatic hydroxyl groups is 2.